The van der Waals surface area contributed by atoms with Gasteiger partial charge in [0.25, 0.3) is 0 Å². The number of aliphatic imine (C=N–C) groups is 1. The summed E-state index contributed by atoms with van der Waals surface area (Å²) in [5.41, 5.74) is 5.91. The minimum absolute atomic E-state index is 0. The predicted molar refractivity (Wildman–Crippen MR) is 90.1 cm³/mol. The van der Waals surface area contributed by atoms with Crippen molar-refractivity contribution < 1.29 is 4.79 Å². The number of nitrogens with two attached hydrogens (primary N) is 1. The molecule has 0 spiro atoms. The summed E-state index contributed by atoms with van der Waals surface area (Å²) in [6, 6.07) is 1.05. The van der Waals surface area contributed by atoms with Crippen LogP contribution in [0.5, 0.6) is 0 Å². The largest absolute Gasteiger partial charge is 0.370 e. The Balaban J connectivity index is 0.00000147. The van der Waals surface area contributed by atoms with Gasteiger partial charge < -0.3 is 16.0 Å². The van der Waals surface area contributed by atoms with Crippen molar-refractivity contribution in [1.82, 2.24) is 10.2 Å². The van der Waals surface area contributed by atoms with Gasteiger partial charge in [-0.2, -0.15) is 0 Å². The molecule has 1 amide bonds. The molecule has 114 valence electrons. The van der Waals surface area contributed by atoms with Crippen LogP contribution in [0.3, 0.4) is 0 Å². The van der Waals surface area contributed by atoms with Gasteiger partial charge in [0.05, 0.1) is 0 Å². The Morgan fingerprint density at radius 1 is 1.30 bits per heavy atom. The van der Waals surface area contributed by atoms with Gasteiger partial charge in [-0.05, 0) is 25.7 Å². The molecule has 3 N–H and O–H groups in total. The fraction of sp³-hybridized carbons (Fsp3) is 0.857. The van der Waals surface area contributed by atoms with E-state index in [2.05, 4.69) is 10.3 Å². The molecule has 1 unspecified atom stereocenters. The topological polar surface area (TPSA) is 70.7 Å². The molecule has 1 aliphatic heterocycles. The Hall–Kier alpha value is -0.530. The average molecular weight is 392 g/mol. The lowest BCUT2D eigenvalue weighted by Crippen LogP contribution is -2.39. The quantitative estimate of drug-likeness (QED) is 0.433. The summed E-state index contributed by atoms with van der Waals surface area (Å²) in [6.07, 6.45) is 8.01. The van der Waals surface area contributed by atoms with E-state index in [9.17, 15) is 4.79 Å². The normalized spacial score (nSPS) is 27.8. The minimum atomic E-state index is 0. The number of likely N-dealkylation sites (tertiary alicyclic amines) is 1. The van der Waals surface area contributed by atoms with E-state index in [1.165, 1.54) is 38.5 Å². The summed E-state index contributed by atoms with van der Waals surface area (Å²) in [4.78, 5) is 18.3. The van der Waals surface area contributed by atoms with Crippen molar-refractivity contribution in [3.8, 4) is 0 Å². The molecule has 3 aliphatic rings. The highest BCUT2D eigenvalue weighted by atomic mass is 127. The second kappa shape index (κ2) is 6.95. The van der Waals surface area contributed by atoms with Gasteiger partial charge >= 0.3 is 0 Å². The lowest BCUT2D eigenvalue weighted by atomic mass is 10.1. The molecule has 5 nitrogen and oxygen atoms in total. The van der Waals surface area contributed by atoms with Crippen LogP contribution in [0.2, 0.25) is 0 Å². The fourth-order valence-corrected chi connectivity index (χ4v) is 3.22. The summed E-state index contributed by atoms with van der Waals surface area (Å²) >= 11 is 0. The number of rotatable bonds is 4. The Morgan fingerprint density at radius 3 is 2.65 bits per heavy atom. The van der Waals surface area contributed by atoms with Gasteiger partial charge in [0.15, 0.2) is 5.96 Å². The number of hydrogen-bond acceptors (Lipinski definition) is 2. The number of nitrogens with zero attached hydrogens (tertiary/aromatic N) is 2. The molecule has 1 heterocycles. The lowest BCUT2D eigenvalue weighted by Gasteiger charge is -2.15. The molecule has 1 atom stereocenters. The first-order valence-corrected chi connectivity index (χ1v) is 7.58. The summed E-state index contributed by atoms with van der Waals surface area (Å²) in [5, 5.41) is 3.29. The minimum Gasteiger partial charge on any atom is -0.370 e. The van der Waals surface area contributed by atoms with E-state index in [1.54, 1.807) is 0 Å². The molecule has 3 fully saturated rings. The number of carbonyl (C=O) groups excluding carboxylic acids is 1. The number of carbonyl (C=O) groups is 1. The third-order valence-corrected chi connectivity index (χ3v) is 4.45. The van der Waals surface area contributed by atoms with Crippen LogP contribution >= 0.6 is 24.0 Å². The highest BCUT2D eigenvalue weighted by Gasteiger charge is 2.39. The van der Waals surface area contributed by atoms with E-state index in [1.807, 2.05) is 4.90 Å². The van der Waals surface area contributed by atoms with Crippen LogP contribution in [0.1, 0.15) is 44.9 Å². The van der Waals surface area contributed by atoms with Gasteiger partial charge in [0.2, 0.25) is 5.91 Å². The standard InChI is InChI=1S/C14H24N4O.HI/c15-14(17-11-3-1-2-4-11)16-8-10-7-13(19)18(9-10)12-5-6-12;/h10-12H,1-9H2,(H3,15,16,17);1H. The highest BCUT2D eigenvalue weighted by Crippen LogP contribution is 2.32. The van der Waals surface area contributed by atoms with Crippen molar-refractivity contribution in [2.75, 3.05) is 13.1 Å². The van der Waals surface area contributed by atoms with Gasteiger partial charge in [-0.3, -0.25) is 9.79 Å². The van der Waals surface area contributed by atoms with Crippen LogP contribution in [0.25, 0.3) is 0 Å². The van der Waals surface area contributed by atoms with Gasteiger partial charge in [0.1, 0.15) is 0 Å². The molecule has 1 saturated heterocycles. The van der Waals surface area contributed by atoms with E-state index in [4.69, 9.17) is 5.73 Å². The van der Waals surface area contributed by atoms with E-state index < -0.39 is 0 Å². The zero-order valence-corrected chi connectivity index (χ0v) is 14.2. The Labute approximate surface area is 137 Å². The van der Waals surface area contributed by atoms with Crippen LogP contribution in [0.4, 0.5) is 0 Å². The maximum absolute atomic E-state index is 11.8. The van der Waals surface area contributed by atoms with Crippen LogP contribution in [0, 0.1) is 5.92 Å². The van der Waals surface area contributed by atoms with E-state index in [0.29, 0.717) is 42.8 Å². The molecular weight excluding hydrogens is 367 g/mol. The molecular formula is C14H25IN4O. The summed E-state index contributed by atoms with van der Waals surface area (Å²) in [7, 11) is 0. The van der Waals surface area contributed by atoms with Crippen LogP contribution in [0.15, 0.2) is 4.99 Å². The predicted octanol–water partition coefficient (Wildman–Crippen LogP) is 1.46. The van der Waals surface area contributed by atoms with Crippen molar-refractivity contribution in [3.05, 3.63) is 0 Å². The second-order valence-electron chi connectivity index (χ2n) is 6.20. The van der Waals surface area contributed by atoms with E-state index >= 15 is 0 Å². The molecule has 0 aromatic carbocycles. The first-order chi connectivity index (χ1) is 9.22. The van der Waals surface area contributed by atoms with Gasteiger partial charge in [0, 0.05) is 37.5 Å². The number of halogens is 1. The van der Waals surface area contributed by atoms with Crippen molar-refractivity contribution in [2.24, 2.45) is 16.6 Å². The molecule has 6 heteroatoms. The van der Waals surface area contributed by atoms with Crippen molar-refractivity contribution >= 4 is 35.8 Å². The monoisotopic (exact) mass is 392 g/mol. The molecule has 2 saturated carbocycles. The maximum Gasteiger partial charge on any atom is 0.223 e. The zero-order chi connectivity index (χ0) is 13.2. The molecule has 0 radical (unpaired) electrons. The van der Waals surface area contributed by atoms with Gasteiger partial charge in [-0.15, -0.1) is 24.0 Å². The maximum atomic E-state index is 11.8. The smallest absolute Gasteiger partial charge is 0.223 e. The zero-order valence-electron chi connectivity index (χ0n) is 11.9. The molecule has 2 aliphatic carbocycles. The average Bonchev–Trinajstić information content (AvgIpc) is 2.97. The van der Waals surface area contributed by atoms with Crippen molar-refractivity contribution in [2.45, 2.75) is 57.0 Å². The highest BCUT2D eigenvalue weighted by molar-refractivity contribution is 14.0. The Morgan fingerprint density at radius 2 is 2.00 bits per heavy atom. The SMILES string of the molecule is I.NC(=NCC1CC(=O)N(C2CC2)C1)NC1CCCC1. The first kappa shape index (κ1) is 15.9. The summed E-state index contributed by atoms with van der Waals surface area (Å²) in [5.74, 6) is 1.23. The third kappa shape index (κ3) is 3.99. The lowest BCUT2D eigenvalue weighted by molar-refractivity contribution is -0.128. The number of nitrogens with one attached hydrogen (secondary N) is 1. The third-order valence-electron chi connectivity index (χ3n) is 4.45. The second-order valence-corrected chi connectivity index (χ2v) is 6.20. The summed E-state index contributed by atoms with van der Waals surface area (Å²) in [6.45, 7) is 1.56. The molecule has 20 heavy (non-hydrogen) atoms. The molecule has 0 bridgehead atoms. The molecule has 0 aromatic rings. The Bertz CT molecular complexity index is 377. The van der Waals surface area contributed by atoms with Gasteiger partial charge in [-0.25, -0.2) is 0 Å². The molecule has 3 rings (SSSR count). The van der Waals surface area contributed by atoms with E-state index in [-0.39, 0.29) is 24.0 Å². The fourth-order valence-electron chi connectivity index (χ4n) is 3.22. The van der Waals surface area contributed by atoms with Crippen molar-refractivity contribution in [1.29, 1.82) is 0 Å². The summed E-state index contributed by atoms with van der Waals surface area (Å²) < 4.78 is 0. The Kier molecular flexibility index (Phi) is 5.51. The van der Waals surface area contributed by atoms with Crippen molar-refractivity contribution in [3.63, 3.8) is 0 Å². The van der Waals surface area contributed by atoms with E-state index in [0.717, 1.165) is 6.54 Å². The van der Waals surface area contributed by atoms with Crippen LogP contribution < -0.4 is 11.1 Å². The number of guanidine groups is 1. The number of amides is 1. The van der Waals surface area contributed by atoms with Gasteiger partial charge in [-0.1, -0.05) is 12.8 Å². The van der Waals surface area contributed by atoms with Crippen LogP contribution in [-0.2, 0) is 4.79 Å². The first-order valence-electron chi connectivity index (χ1n) is 7.58. The van der Waals surface area contributed by atoms with Crippen LogP contribution in [-0.4, -0.2) is 41.9 Å². The molecule has 0 aromatic heterocycles. The number of hydrogen-bond donors (Lipinski definition) is 2.